The molecular weight excluding hydrogens is 679 g/mol. The van der Waals surface area contributed by atoms with Gasteiger partial charge in [0.1, 0.15) is 30.3 Å². The van der Waals surface area contributed by atoms with Crippen molar-refractivity contribution in [3.8, 4) is 11.5 Å². The number of oxime groups is 1. The number of carboxylic acid groups (broad SMARTS) is 1. The number of nitrogens with one attached hydrogen (secondary N) is 1. The Morgan fingerprint density at radius 3 is 2.59 bits per heavy atom. The molecule has 0 saturated carbocycles. The Labute approximate surface area is 288 Å². The number of anilines is 1. The highest BCUT2D eigenvalue weighted by Gasteiger charge is 2.54. The number of benzene rings is 1. The van der Waals surface area contributed by atoms with Crippen LogP contribution in [0.25, 0.3) is 0 Å². The van der Waals surface area contributed by atoms with E-state index in [2.05, 4.69) is 22.4 Å². The van der Waals surface area contributed by atoms with Crippen molar-refractivity contribution < 1.29 is 48.6 Å². The standard InChI is InChI=1S/C31H35N7O9S2/c1-15-18(13-38(9-3-4-10-38)11-8-36-27(44)17-5-6-20(39)25(42)22(17)28(36)45)16(2)49-30-24(29(46)37(15)30)34-26(43)23(19-14-48-31(32)33-19)35-47-12-7-21(40)41/h5-6,14,16,24,30H,3-4,7-13H2,1-2H3,(H5-,32,33,34,35,39,40,41,42,43,44,45)/p+1/t16-,24+,30+/m0/s1. The Morgan fingerprint density at radius 1 is 1.18 bits per heavy atom. The molecule has 4 aliphatic rings. The number of thioether (sulfide) groups is 1. The van der Waals surface area contributed by atoms with Crippen molar-refractivity contribution in [2.45, 2.75) is 49.8 Å². The lowest BCUT2D eigenvalue weighted by molar-refractivity contribution is -0.911. The first-order valence-electron chi connectivity index (χ1n) is 15.7. The number of phenols is 2. The van der Waals surface area contributed by atoms with Gasteiger partial charge in [-0.3, -0.25) is 33.8 Å². The third-order valence-electron chi connectivity index (χ3n) is 9.44. The lowest BCUT2D eigenvalue weighted by Gasteiger charge is -2.52. The summed E-state index contributed by atoms with van der Waals surface area (Å²) in [6, 6.07) is 1.68. The zero-order valence-corrected chi connectivity index (χ0v) is 28.4. The minimum Gasteiger partial charge on any atom is -0.504 e. The molecule has 1 aromatic carbocycles. The van der Waals surface area contributed by atoms with E-state index >= 15 is 0 Å². The fourth-order valence-corrected chi connectivity index (χ4v) is 8.92. The molecule has 6 rings (SSSR count). The second-order valence-corrected chi connectivity index (χ2v) is 14.8. The smallest absolute Gasteiger partial charge is 0.306 e. The van der Waals surface area contributed by atoms with Crippen molar-refractivity contribution in [1.29, 1.82) is 0 Å². The number of allylic oxidation sites excluding steroid dienone is 1. The number of carboxylic acids is 1. The van der Waals surface area contributed by atoms with Gasteiger partial charge >= 0.3 is 5.97 Å². The maximum absolute atomic E-state index is 13.5. The van der Waals surface area contributed by atoms with E-state index < -0.39 is 41.2 Å². The maximum Gasteiger partial charge on any atom is 0.306 e. The van der Waals surface area contributed by atoms with E-state index in [-0.39, 0.29) is 63.8 Å². The van der Waals surface area contributed by atoms with Crippen LogP contribution in [0.1, 0.15) is 59.5 Å². The van der Waals surface area contributed by atoms with Crippen molar-refractivity contribution in [2.24, 2.45) is 5.16 Å². The minimum absolute atomic E-state index is 0.0191. The summed E-state index contributed by atoms with van der Waals surface area (Å²) in [7, 11) is 0. The minimum atomic E-state index is -1.09. The highest BCUT2D eigenvalue weighted by molar-refractivity contribution is 8.00. The fourth-order valence-electron chi connectivity index (χ4n) is 6.82. The molecule has 3 atom stereocenters. The zero-order valence-electron chi connectivity index (χ0n) is 26.7. The van der Waals surface area contributed by atoms with Crippen LogP contribution in [-0.2, 0) is 19.2 Å². The molecule has 0 spiro atoms. The molecule has 2 saturated heterocycles. The Kier molecular flexibility index (Phi) is 9.29. The molecule has 2 aromatic rings. The number of thiazole rings is 1. The van der Waals surface area contributed by atoms with Crippen LogP contribution in [0.3, 0.4) is 0 Å². The average molecular weight is 715 g/mol. The number of quaternary nitrogens is 1. The monoisotopic (exact) mass is 714 g/mol. The predicted octanol–water partition coefficient (Wildman–Crippen LogP) is 1.30. The number of β-lactam (4-membered cyclic amide) rings is 1. The molecular formula is C31H36N7O9S2+. The third-order valence-corrected chi connectivity index (χ3v) is 11.6. The number of nitrogens with zero attached hydrogens (tertiary/aromatic N) is 5. The summed E-state index contributed by atoms with van der Waals surface area (Å²) in [6.45, 7) is 6.57. The van der Waals surface area contributed by atoms with Crippen LogP contribution < -0.4 is 11.1 Å². The summed E-state index contributed by atoms with van der Waals surface area (Å²) in [6.07, 6.45) is 1.62. The van der Waals surface area contributed by atoms with E-state index in [4.69, 9.17) is 15.7 Å². The van der Waals surface area contributed by atoms with Crippen molar-refractivity contribution in [2.75, 3.05) is 45.1 Å². The van der Waals surface area contributed by atoms with Crippen LogP contribution in [0.4, 0.5) is 5.13 Å². The molecule has 4 amide bonds. The SMILES string of the molecule is CC1=C(C[N+]2(CCN3C(=O)c4ccc(O)c(O)c4C3=O)CCCC2)[C@H](C)S[C@@H]2[C@H](NC(=O)/C(=N\OCCC(=O)O)c3csc(N)n3)C(=O)N12. The quantitative estimate of drug-likeness (QED) is 0.0399. The number of fused-ring (bicyclic) bond motifs is 2. The van der Waals surface area contributed by atoms with E-state index in [0.29, 0.717) is 17.6 Å². The van der Waals surface area contributed by atoms with Gasteiger partial charge in [-0.1, -0.05) is 5.16 Å². The van der Waals surface area contributed by atoms with Crippen LogP contribution in [-0.4, -0.2) is 126 Å². The molecule has 4 aliphatic heterocycles. The number of aromatic nitrogens is 1. The first-order valence-corrected chi connectivity index (χ1v) is 17.5. The van der Waals surface area contributed by atoms with Crippen LogP contribution in [0, 0.1) is 0 Å². The van der Waals surface area contributed by atoms with Crippen molar-refractivity contribution in [3.05, 3.63) is 45.6 Å². The normalized spacial score (nSPS) is 23.0. The Hall–Kier alpha value is -4.68. The summed E-state index contributed by atoms with van der Waals surface area (Å²) in [5.41, 5.74) is 7.40. The maximum atomic E-state index is 13.5. The molecule has 5 heterocycles. The van der Waals surface area contributed by atoms with E-state index in [1.54, 1.807) is 16.7 Å². The van der Waals surface area contributed by atoms with Crippen LogP contribution in [0.15, 0.2) is 33.9 Å². The molecule has 260 valence electrons. The molecule has 1 aromatic heterocycles. The van der Waals surface area contributed by atoms with Crippen molar-refractivity contribution in [1.82, 2.24) is 20.1 Å². The number of hydrogen-bond acceptors (Lipinski definition) is 13. The highest BCUT2D eigenvalue weighted by Crippen LogP contribution is 2.45. The van der Waals surface area contributed by atoms with E-state index in [9.17, 15) is 34.2 Å². The predicted molar refractivity (Wildman–Crippen MR) is 178 cm³/mol. The summed E-state index contributed by atoms with van der Waals surface area (Å²) < 4.78 is 0.619. The lowest BCUT2D eigenvalue weighted by Crippen LogP contribution is -2.71. The summed E-state index contributed by atoms with van der Waals surface area (Å²) in [5, 5.41) is 36.9. The van der Waals surface area contributed by atoms with Gasteiger partial charge in [0.25, 0.3) is 23.6 Å². The summed E-state index contributed by atoms with van der Waals surface area (Å²) in [5.74, 6) is -4.30. The van der Waals surface area contributed by atoms with Crippen LogP contribution in [0.5, 0.6) is 11.5 Å². The second kappa shape index (κ2) is 13.3. The Morgan fingerprint density at radius 2 is 1.92 bits per heavy atom. The highest BCUT2D eigenvalue weighted by atomic mass is 32.2. The molecule has 0 radical (unpaired) electrons. The number of carbonyl (C=O) groups excluding carboxylic acids is 4. The van der Waals surface area contributed by atoms with E-state index in [1.807, 2.05) is 6.92 Å². The summed E-state index contributed by atoms with van der Waals surface area (Å²) >= 11 is 2.63. The molecule has 0 unspecified atom stereocenters. The number of phenolic OH excluding ortho intramolecular Hbond substituents is 2. The Balaban J connectivity index is 1.15. The molecule has 2 fully saturated rings. The number of amides is 4. The van der Waals surface area contributed by atoms with Gasteiger partial charge < -0.3 is 35.7 Å². The molecule has 49 heavy (non-hydrogen) atoms. The van der Waals surface area contributed by atoms with Crippen molar-refractivity contribution in [3.63, 3.8) is 0 Å². The van der Waals surface area contributed by atoms with Crippen LogP contribution in [0.2, 0.25) is 0 Å². The molecule has 0 bridgehead atoms. The van der Waals surface area contributed by atoms with Gasteiger partial charge in [0.05, 0.1) is 43.7 Å². The first kappa shape index (κ1) is 34.2. The van der Waals surface area contributed by atoms with Gasteiger partial charge in [0.2, 0.25) is 0 Å². The number of carbonyl (C=O) groups is 5. The van der Waals surface area contributed by atoms with Gasteiger partial charge in [-0.05, 0) is 26.0 Å². The van der Waals surface area contributed by atoms with Crippen LogP contribution >= 0.6 is 23.1 Å². The topological polar surface area (TPSA) is 225 Å². The number of nitrogen functional groups attached to an aromatic ring is 1. The molecule has 16 nitrogen and oxygen atoms in total. The molecule has 18 heteroatoms. The third kappa shape index (κ3) is 6.30. The first-order chi connectivity index (χ1) is 23.3. The van der Waals surface area contributed by atoms with Gasteiger partial charge in [0.15, 0.2) is 22.3 Å². The van der Waals surface area contributed by atoms with Crippen molar-refractivity contribution >= 4 is 63.5 Å². The van der Waals surface area contributed by atoms with Gasteiger partial charge in [-0.2, -0.15) is 0 Å². The molecule has 0 aliphatic carbocycles. The largest absolute Gasteiger partial charge is 0.504 e. The number of aromatic hydroxyl groups is 2. The van der Waals surface area contributed by atoms with Gasteiger partial charge in [-0.25, -0.2) is 4.98 Å². The van der Waals surface area contributed by atoms with E-state index in [0.717, 1.165) is 53.4 Å². The number of imide groups is 1. The zero-order chi connectivity index (χ0) is 35.2. The van der Waals surface area contributed by atoms with Gasteiger partial charge in [-0.15, -0.1) is 23.1 Å². The number of aliphatic carboxylic acids is 1. The molecule has 6 N–H and O–H groups in total. The second-order valence-electron chi connectivity index (χ2n) is 12.4. The Bertz CT molecular complexity index is 1800. The lowest BCUT2D eigenvalue weighted by atomic mass is 10.00. The number of hydrogen-bond donors (Lipinski definition) is 5. The average Bonchev–Trinajstić information content (AvgIpc) is 3.76. The fraction of sp³-hybridized carbons (Fsp3) is 0.452. The van der Waals surface area contributed by atoms with E-state index in [1.165, 1.54) is 17.5 Å². The van der Waals surface area contributed by atoms with Gasteiger partial charge in [0, 0.05) is 34.7 Å². The number of likely N-dealkylation sites (tertiary alicyclic amines) is 1. The summed E-state index contributed by atoms with van der Waals surface area (Å²) in [4.78, 5) is 75.9. The number of nitrogens with two attached hydrogens (primary N) is 1. The number of rotatable bonds is 12.